The van der Waals surface area contributed by atoms with Gasteiger partial charge in [0.05, 0.1) is 46.4 Å². The van der Waals surface area contributed by atoms with Crippen LogP contribution in [0.4, 0.5) is 13.2 Å². The summed E-state index contributed by atoms with van der Waals surface area (Å²) >= 11 is 12.4. The van der Waals surface area contributed by atoms with E-state index in [0.717, 1.165) is 23.7 Å². The monoisotopic (exact) mass is 590 g/mol. The number of pyridine rings is 1. The Morgan fingerprint density at radius 3 is 2.23 bits per heavy atom. The molecule has 2 fully saturated rings. The number of aliphatic hydroxyl groups is 1. The predicted molar refractivity (Wildman–Crippen MR) is 137 cm³/mol. The molecular weight excluding hydrogens is 560 g/mol. The molecule has 4 rings (SSSR count). The summed E-state index contributed by atoms with van der Waals surface area (Å²) in [5, 5.41) is 24.3. The van der Waals surface area contributed by atoms with Crippen LogP contribution >= 0.6 is 23.2 Å². The summed E-state index contributed by atoms with van der Waals surface area (Å²) in [7, 11) is 0. The fraction of sp³-hybridized carbons (Fsp3) is 0.615. The molecule has 0 radical (unpaired) electrons. The van der Waals surface area contributed by atoms with Gasteiger partial charge in [0.2, 0.25) is 0 Å². The van der Waals surface area contributed by atoms with E-state index in [4.69, 9.17) is 23.2 Å². The van der Waals surface area contributed by atoms with Gasteiger partial charge in [-0.3, -0.25) is 19.3 Å². The van der Waals surface area contributed by atoms with Gasteiger partial charge in [-0.2, -0.15) is 18.3 Å². The highest BCUT2D eigenvalue weighted by atomic mass is 35.5. The molecular formula is C26H31Cl2F3N4O4. The first-order valence-electron chi connectivity index (χ1n) is 12.8. The Hall–Kier alpha value is -2.37. The van der Waals surface area contributed by atoms with E-state index in [1.165, 1.54) is 17.3 Å². The molecule has 39 heavy (non-hydrogen) atoms. The molecule has 2 saturated carbocycles. The van der Waals surface area contributed by atoms with Crippen molar-refractivity contribution in [1.29, 1.82) is 0 Å². The van der Waals surface area contributed by atoms with E-state index in [1.807, 2.05) is 0 Å². The van der Waals surface area contributed by atoms with Crippen molar-refractivity contribution in [3.8, 4) is 0 Å². The Kier molecular flexibility index (Phi) is 8.54. The van der Waals surface area contributed by atoms with E-state index in [2.05, 4.69) is 23.9 Å². The number of carboxylic acid groups (broad SMARTS) is 1. The van der Waals surface area contributed by atoms with Crippen LogP contribution in [0.2, 0.25) is 10.0 Å². The first-order chi connectivity index (χ1) is 18.2. The van der Waals surface area contributed by atoms with E-state index in [0.29, 0.717) is 0 Å². The van der Waals surface area contributed by atoms with Gasteiger partial charge in [0.15, 0.2) is 5.69 Å². The zero-order valence-corrected chi connectivity index (χ0v) is 23.1. The normalized spacial score (nSPS) is 22.3. The molecule has 2 heterocycles. The number of carboxylic acids is 1. The first-order valence-corrected chi connectivity index (χ1v) is 13.6. The topological polar surface area (TPSA) is 109 Å². The lowest BCUT2D eigenvalue weighted by atomic mass is 9.64. The molecule has 0 aliphatic heterocycles. The number of carbonyl (C=O) groups is 2. The van der Waals surface area contributed by atoms with Gasteiger partial charge in [-0.05, 0) is 49.9 Å². The van der Waals surface area contributed by atoms with Gasteiger partial charge >= 0.3 is 12.1 Å². The quantitative estimate of drug-likeness (QED) is 0.388. The largest absolute Gasteiger partial charge is 0.481 e. The van der Waals surface area contributed by atoms with Crippen molar-refractivity contribution in [2.24, 2.45) is 17.3 Å². The van der Waals surface area contributed by atoms with Crippen LogP contribution in [-0.4, -0.2) is 54.8 Å². The molecule has 2 aromatic heterocycles. The minimum absolute atomic E-state index is 0.0511. The van der Waals surface area contributed by atoms with Crippen molar-refractivity contribution >= 4 is 35.1 Å². The number of aliphatic carboxylic acids is 1. The van der Waals surface area contributed by atoms with E-state index in [-0.39, 0.29) is 65.7 Å². The SMILES string of the molecule is CC1(C)CC(CN(CC(O)c2c(Cl)cncc2Cl)C(=O)c2cnn(C3CCC(C(=O)O)CC3)c2C(F)(F)F)C1. The van der Waals surface area contributed by atoms with E-state index in [1.54, 1.807) is 0 Å². The number of aliphatic hydroxyl groups excluding tert-OH is 1. The number of carbonyl (C=O) groups excluding carboxylic acids is 1. The van der Waals surface area contributed by atoms with Crippen LogP contribution in [0.5, 0.6) is 0 Å². The van der Waals surface area contributed by atoms with Gasteiger partial charge in [-0.25, -0.2) is 0 Å². The molecule has 2 aliphatic rings. The van der Waals surface area contributed by atoms with Crippen molar-refractivity contribution < 1.29 is 33.0 Å². The van der Waals surface area contributed by atoms with Gasteiger partial charge in [0.1, 0.15) is 0 Å². The van der Waals surface area contributed by atoms with Crippen LogP contribution in [-0.2, 0) is 11.0 Å². The van der Waals surface area contributed by atoms with Gasteiger partial charge < -0.3 is 15.1 Å². The molecule has 8 nitrogen and oxygen atoms in total. The predicted octanol–water partition coefficient (Wildman–Crippen LogP) is 6.03. The first kappa shape index (κ1) is 29.6. The molecule has 2 aliphatic carbocycles. The van der Waals surface area contributed by atoms with Gasteiger partial charge in [-0.15, -0.1) is 0 Å². The van der Waals surface area contributed by atoms with E-state index < -0.39 is 47.4 Å². The van der Waals surface area contributed by atoms with Crippen LogP contribution in [0.3, 0.4) is 0 Å². The average molecular weight is 591 g/mol. The Bertz CT molecular complexity index is 1200. The van der Waals surface area contributed by atoms with Crippen LogP contribution in [0.1, 0.15) is 86.1 Å². The zero-order chi connectivity index (χ0) is 28.7. The lowest BCUT2D eigenvalue weighted by Crippen LogP contribution is -2.44. The number of halogens is 5. The van der Waals surface area contributed by atoms with Crippen molar-refractivity contribution in [3.05, 3.63) is 45.5 Å². The van der Waals surface area contributed by atoms with Gasteiger partial charge in [0, 0.05) is 24.5 Å². The average Bonchev–Trinajstić information content (AvgIpc) is 3.28. The van der Waals surface area contributed by atoms with Crippen LogP contribution in [0.15, 0.2) is 18.6 Å². The lowest BCUT2D eigenvalue weighted by molar-refractivity contribution is -0.147. The maximum absolute atomic E-state index is 14.4. The van der Waals surface area contributed by atoms with Crippen LogP contribution in [0, 0.1) is 17.3 Å². The highest BCUT2D eigenvalue weighted by Crippen LogP contribution is 2.46. The summed E-state index contributed by atoms with van der Waals surface area (Å²) in [6, 6.07) is -0.681. The smallest absolute Gasteiger partial charge is 0.433 e. The Labute approximate surface area is 234 Å². The number of nitrogens with zero attached hydrogens (tertiary/aromatic N) is 4. The maximum Gasteiger partial charge on any atom is 0.433 e. The minimum atomic E-state index is -4.88. The summed E-state index contributed by atoms with van der Waals surface area (Å²) in [6.07, 6.45) is -0.328. The van der Waals surface area contributed by atoms with Gasteiger partial charge in [-0.1, -0.05) is 37.0 Å². The van der Waals surface area contributed by atoms with Crippen molar-refractivity contribution in [2.75, 3.05) is 13.1 Å². The molecule has 2 N–H and O–H groups in total. The van der Waals surface area contributed by atoms with Crippen LogP contribution in [0.25, 0.3) is 0 Å². The highest BCUT2D eigenvalue weighted by Gasteiger charge is 2.44. The molecule has 214 valence electrons. The molecule has 0 aromatic carbocycles. The second kappa shape index (κ2) is 11.2. The second-order valence-electron chi connectivity index (χ2n) is 11.4. The number of hydrogen-bond donors (Lipinski definition) is 2. The number of hydrogen-bond acceptors (Lipinski definition) is 5. The summed E-state index contributed by atoms with van der Waals surface area (Å²) < 4.78 is 44.0. The number of amides is 1. The molecule has 13 heteroatoms. The summed E-state index contributed by atoms with van der Waals surface area (Å²) in [5.41, 5.74) is -1.57. The standard InChI is InChI=1S/C26H31Cl2F3N4O4/c1-25(2)7-14(8-25)12-34(13-20(36)21-18(27)10-32-11-19(21)28)23(37)17-9-33-35(22(17)26(29,30)31)16-5-3-15(4-6-16)24(38)39/h9-11,14-16,20,36H,3-8,12-13H2,1-2H3,(H,38,39). The summed E-state index contributed by atoms with van der Waals surface area (Å²) in [5.74, 6) is -2.43. The minimum Gasteiger partial charge on any atom is -0.481 e. The molecule has 2 aromatic rings. The Morgan fingerprint density at radius 2 is 1.72 bits per heavy atom. The summed E-state index contributed by atoms with van der Waals surface area (Å²) in [6.45, 7) is 3.97. The zero-order valence-electron chi connectivity index (χ0n) is 21.6. The third-order valence-corrected chi connectivity index (χ3v) is 8.35. The fourth-order valence-electron chi connectivity index (χ4n) is 6.04. The molecule has 0 spiro atoms. The Balaban J connectivity index is 1.64. The molecule has 1 amide bonds. The molecule has 1 unspecified atom stereocenters. The van der Waals surface area contributed by atoms with Gasteiger partial charge in [0.25, 0.3) is 5.91 Å². The van der Waals surface area contributed by atoms with E-state index >= 15 is 0 Å². The summed E-state index contributed by atoms with van der Waals surface area (Å²) in [4.78, 5) is 30.1. The Morgan fingerprint density at radius 1 is 1.13 bits per heavy atom. The highest BCUT2D eigenvalue weighted by molar-refractivity contribution is 6.35. The maximum atomic E-state index is 14.4. The fourth-order valence-corrected chi connectivity index (χ4v) is 6.66. The third kappa shape index (κ3) is 6.52. The molecule has 0 bridgehead atoms. The third-order valence-electron chi connectivity index (χ3n) is 7.75. The molecule has 0 saturated heterocycles. The molecule has 1 atom stereocenters. The van der Waals surface area contributed by atoms with Crippen molar-refractivity contribution in [1.82, 2.24) is 19.7 Å². The van der Waals surface area contributed by atoms with Crippen molar-refractivity contribution in [3.63, 3.8) is 0 Å². The number of rotatable bonds is 8. The van der Waals surface area contributed by atoms with E-state index in [9.17, 15) is 33.0 Å². The number of alkyl halides is 3. The lowest BCUT2D eigenvalue weighted by Gasteiger charge is -2.45. The van der Waals surface area contributed by atoms with Crippen LogP contribution < -0.4 is 0 Å². The number of aromatic nitrogens is 3. The van der Waals surface area contributed by atoms with Crippen molar-refractivity contribution in [2.45, 2.75) is 70.7 Å². The second-order valence-corrected chi connectivity index (χ2v) is 12.2.